The SMILES string of the molecule is CCCCCC(C)(C)CNCCNC(C)=O. The number of hydrogen-bond donors (Lipinski definition) is 2. The van der Waals surface area contributed by atoms with Gasteiger partial charge in [0.05, 0.1) is 0 Å². The van der Waals surface area contributed by atoms with E-state index in [9.17, 15) is 4.79 Å². The fourth-order valence-electron chi connectivity index (χ4n) is 1.70. The first-order chi connectivity index (χ1) is 7.48. The molecule has 0 fully saturated rings. The lowest BCUT2D eigenvalue weighted by atomic mass is 9.87. The van der Waals surface area contributed by atoms with Gasteiger partial charge >= 0.3 is 0 Å². The predicted molar refractivity (Wildman–Crippen MR) is 69.5 cm³/mol. The first-order valence-corrected chi connectivity index (χ1v) is 6.43. The molecular formula is C13H28N2O. The number of unbranched alkanes of at least 4 members (excludes halogenated alkanes) is 2. The zero-order chi connectivity index (χ0) is 12.4. The van der Waals surface area contributed by atoms with Gasteiger partial charge in [0.25, 0.3) is 0 Å². The number of amides is 1. The van der Waals surface area contributed by atoms with E-state index in [-0.39, 0.29) is 5.91 Å². The van der Waals surface area contributed by atoms with Crippen LogP contribution in [0.2, 0.25) is 0 Å². The Bertz CT molecular complexity index is 190. The highest BCUT2D eigenvalue weighted by Crippen LogP contribution is 2.22. The Hall–Kier alpha value is -0.570. The minimum atomic E-state index is 0.0454. The zero-order valence-electron chi connectivity index (χ0n) is 11.4. The summed E-state index contributed by atoms with van der Waals surface area (Å²) in [4.78, 5) is 10.6. The average molecular weight is 228 g/mol. The van der Waals surface area contributed by atoms with Crippen LogP contribution in [-0.2, 0) is 4.79 Å². The van der Waals surface area contributed by atoms with Crippen molar-refractivity contribution in [2.24, 2.45) is 5.41 Å². The highest BCUT2D eigenvalue weighted by Gasteiger charge is 2.16. The van der Waals surface area contributed by atoms with Crippen LogP contribution in [0, 0.1) is 5.41 Å². The lowest BCUT2D eigenvalue weighted by molar-refractivity contribution is -0.118. The molecule has 0 radical (unpaired) electrons. The molecule has 0 aliphatic rings. The van der Waals surface area contributed by atoms with Crippen LogP contribution >= 0.6 is 0 Å². The van der Waals surface area contributed by atoms with Crippen molar-refractivity contribution in [3.8, 4) is 0 Å². The van der Waals surface area contributed by atoms with Crippen molar-refractivity contribution >= 4 is 5.91 Å². The van der Waals surface area contributed by atoms with Gasteiger partial charge in [-0.1, -0.05) is 40.0 Å². The largest absolute Gasteiger partial charge is 0.355 e. The number of rotatable bonds is 9. The van der Waals surface area contributed by atoms with Crippen molar-refractivity contribution in [3.05, 3.63) is 0 Å². The quantitative estimate of drug-likeness (QED) is 0.595. The van der Waals surface area contributed by atoms with E-state index in [4.69, 9.17) is 0 Å². The second-order valence-corrected chi connectivity index (χ2v) is 5.28. The lowest BCUT2D eigenvalue weighted by Crippen LogP contribution is -2.35. The summed E-state index contributed by atoms with van der Waals surface area (Å²) < 4.78 is 0. The van der Waals surface area contributed by atoms with E-state index in [2.05, 4.69) is 31.4 Å². The molecule has 0 saturated carbocycles. The summed E-state index contributed by atoms with van der Waals surface area (Å²) in [6.45, 7) is 11.0. The zero-order valence-corrected chi connectivity index (χ0v) is 11.4. The molecule has 1 amide bonds. The second-order valence-electron chi connectivity index (χ2n) is 5.28. The first-order valence-electron chi connectivity index (χ1n) is 6.43. The van der Waals surface area contributed by atoms with E-state index in [1.54, 1.807) is 6.92 Å². The van der Waals surface area contributed by atoms with Crippen molar-refractivity contribution in [3.63, 3.8) is 0 Å². The van der Waals surface area contributed by atoms with E-state index in [1.807, 2.05) is 0 Å². The number of nitrogens with one attached hydrogen (secondary N) is 2. The van der Waals surface area contributed by atoms with Crippen LogP contribution in [0.1, 0.15) is 53.4 Å². The normalized spacial score (nSPS) is 11.5. The summed E-state index contributed by atoms with van der Waals surface area (Å²) in [7, 11) is 0. The Morgan fingerprint density at radius 3 is 2.44 bits per heavy atom. The maximum Gasteiger partial charge on any atom is 0.216 e. The van der Waals surface area contributed by atoms with Crippen LogP contribution in [0.3, 0.4) is 0 Å². The summed E-state index contributed by atoms with van der Waals surface area (Å²) >= 11 is 0. The molecule has 0 aromatic heterocycles. The smallest absolute Gasteiger partial charge is 0.216 e. The van der Waals surface area contributed by atoms with Crippen molar-refractivity contribution in [1.29, 1.82) is 0 Å². The highest BCUT2D eigenvalue weighted by atomic mass is 16.1. The van der Waals surface area contributed by atoms with Crippen LogP contribution in [0.15, 0.2) is 0 Å². The molecular weight excluding hydrogens is 200 g/mol. The number of carbonyl (C=O) groups excluding carboxylic acids is 1. The van der Waals surface area contributed by atoms with Crippen molar-refractivity contribution in [2.75, 3.05) is 19.6 Å². The minimum Gasteiger partial charge on any atom is -0.355 e. The molecule has 0 atom stereocenters. The number of hydrogen-bond acceptors (Lipinski definition) is 2. The Morgan fingerprint density at radius 1 is 1.19 bits per heavy atom. The van der Waals surface area contributed by atoms with Gasteiger partial charge in [0.2, 0.25) is 5.91 Å². The molecule has 3 nitrogen and oxygen atoms in total. The van der Waals surface area contributed by atoms with E-state index in [0.29, 0.717) is 5.41 Å². The molecule has 0 aromatic carbocycles. The minimum absolute atomic E-state index is 0.0454. The van der Waals surface area contributed by atoms with Crippen molar-refractivity contribution in [1.82, 2.24) is 10.6 Å². The van der Waals surface area contributed by atoms with Gasteiger partial charge in [0.1, 0.15) is 0 Å². The third kappa shape index (κ3) is 9.97. The molecule has 0 rings (SSSR count). The lowest BCUT2D eigenvalue weighted by Gasteiger charge is -2.25. The third-order valence-electron chi connectivity index (χ3n) is 2.74. The van der Waals surface area contributed by atoms with Gasteiger partial charge in [0, 0.05) is 26.6 Å². The molecule has 0 aromatic rings. The van der Waals surface area contributed by atoms with E-state index in [1.165, 1.54) is 25.7 Å². The Kier molecular flexibility index (Phi) is 8.26. The Morgan fingerprint density at radius 2 is 1.88 bits per heavy atom. The van der Waals surface area contributed by atoms with Gasteiger partial charge < -0.3 is 10.6 Å². The molecule has 0 unspecified atom stereocenters. The maximum atomic E-state index is 10.6. The highest BCUT2D eigenvalue weighted by molar-refractivity contribution is 5.72. The van der Waals surface area contributed by atoms with Gasteiger partial charge in [0.15, 0.2) is 0 Å². The first kappa shape index (κ1) is 15.4. The molecule has 2 N–H and O–H groups in total. The fourth-order valence-corrected chi connectivity index (χ4v) is 1.70. The standard InChI is InChI=1S/C13H28N2O/c1-5-6-7-8-13(3,4)11-14-9-10-15-12(2)16/h14H,5-11H2,1-4H3,(H,15,16). The van der Waals surface area contributed by atoms with E-state index in [0.717, 1.165) is 19.6 Å². The second kappa shape index (κ2) is 8.57. The molecule has 3 heteroatoms. The van der Waals surface area contributed by atoms with E-state index >= 15 is 0 Å². The summed E-state index contributed by atoms with van der Waals surface area (Å²) in [5.41, 5.74) is 0.366. The average Bonchev–Trinajstić information content (AvgIpc) is 2.16. The van der Waals surface area contributed by atoms with Crippen LogP contribution in [0.4, 0.5) is 0 Å². The maximum absolute atomic E-state index is 10.6. The predicted octanol–water partition coefficient (Wildman–Crippen LogP) is 2.32. The molecule has 0 aliphatic carbocycles. The topological polar surface area (TPSA) is 41.1 Å². The summed E-state index contributed by atoms with van der Waals surface area (Å²) in [5.74, 6) is 0.0454. The Labute approximate surface area is 100 Å². The molecule has 16 heavy (non-hydrogen) atoms. The van der Waals surface area contributed by atoms with Crippen LogP contribution in [0.5, 0.6) is 0 Å². The van der Waals surface area contributed by atoms with Crippen molar-refractivity contribution < 1.29 is 4.79 Å². The monoisotopic (exact) mass is 228 g/mol. The van der Waals surface area contributed by atoms with Gasteiger partial charge in [-0.05, 0) is 11.8 Å². The fraction of sp³-hybridized carbons (Fsp3) is 0.923. The summed E-state index contributed by atoms with van der Waals surface area (Å²) in [5, 5.41) is 6.18. The van der Waals surface area contributed by atoms with Crippen LogP contribution < -0.4 is 10.6 Å². The van der Waals surface area contributed by atoms with Gasteiger partial charge in [-0.15, -0.1) is 0 Å². The number of carbonyl (C=O) groups is 1. The van der Waals surface area contributed by atoms with Gasteiger partial charge in [-0.25, -0.2) is 0 Å². The third-order valence-corrected chi connectivity index (χ3v) is 2.74. The van der Waals surface area contributed by atoms with Crippen LogP contribution in [0.25, 0.3) is 0 Å². The van der Waals surface area contributed by atoms with Gasteiger partial charge in [-0.2, -0.15) is 0 Å². The Balaban J connectivity index is 3.46. The summed E-state index contributed by atoms with van der Waals surface area (Å²) in [6.07, 6.45) is 5.20. The molecule has 96 valence electrons. The van der Waals surface area contributed by atoms with Crippen LogP contribution in [-0.4, -0.2) is 25.5 Å². The molecule has 0 heterocycles. The molecule has 0 aliphatic heterocycles. The van der Waals surface area contributed by atoms with E-state index < -0.39 is 0 Å². The van der Waals surface area contributed by atoms with Gasteiger partial charge in [-0.3, -0.25) is 4.79 Å². The summed E-state index contributed by atoms with van der Waals surface area (Å²) in [6, 6.07) is 0. The van der Waals surface area contributed by atoms with Crippen molar-refractivity contribution in [2.45, 2.75) is 53.4 Å². The molecule has 0 saturated heterocycles. The molecule has 0 spiro atoms. The molecule has 0 bridgehead atoms.